The van der Waals surface area contributed by atoms with E-state index in [0.717, 1.165) is 5.56 Å². The molecule has 0 aliphatic rings. The van der Waals surface area contributed by atoms with Crippen LogP contribution in [0.5, 0.6) is 0 Å². The summed E-state index contributed by atoms with van der Waals surface area (Å²) >= 11 is 5.64. The zero-order valence-corrected chi connectivity index (χ0v) is 10.9. The number of hydrogen-bond donors (Lipinski definition) is 3. The zero-order valence-electron chi connectivity index (χ0n) is 10.1. The quantitative estimate of drug-likeness (QED) is 0.754. The third-order valence-corrected chi connectivity index (χ3v) is 3.10. The van der Waals surface area contributed by atoms with Gasteiger partial charge in [0.15, 0.2) is 0 Å². The Kier molecular flexibility index (Phi) is 4.24. The second kappa shape index (κ2) is 5.91. The van der Waals surface area contributed by atoms with Gasteiger partial charge in [-0.25, -0.2) is 4.39 Å². The molecule has 4 N–H and O–H groups in total. The number of rotatable bonds is 4. The molecule has 19 heavy (non-hydrogen) atoms. The summed E-state index contributed by atoms with van der Waals surface area (Å²) in [5, 5.41) is 12.4. The predicted octanol–water partition coefficient (Wildman–Crippen LogP) is 3.21. The van der Waals surface area contributed by atoms with E-state index in [0.29, 0.717) is 11.4 Å². The summed E-state index contributed by atoms with van der Waals surface area (Å²) in [6.07, 6.45) is 0. The van der Waals surface area contributed by atoms with E-state index in [-0.39, 0.29) is 17.7 Å². The second-order valence-corrected chi connectivity index (χ2v) is 4.55. The maximum absolute atomic E-state index is 13.4. The molecule has 0 saturated carbocycles. The van der Waals surface area contributed by atoms with Crippen molar-refractivity contribution in [3.05, 3.63) is 58.9 Å². The highest BCUT2D eigenvalue weighted by atomic mass is 35.5. The van der Waals surface area contributed by atoms with Gasteiger partial charge in [-0.2, -0.15) is 0 Å². The number of hydrogen-bond acceptors (Lipinski definition) is 3. The molecule has 0 radical (unpaired) electrons. The van der Waals surface area contributed by atoms with E-state index in [9.17, 15) is 9.50 Å². The van der Waals surface area contributed by atoms with Crippen LogP contribution in [0.2, 0.25) is 5.02 Å². The third-order valence-electron chi connectivity index (χ3n) is 2.81. The van der Waals surface area contributed by atoms with Gasteiger partial charge in [0.1, 0.15) is 5.82 Å². The molecule has 0 bridgehead atoms. The van der Waals surface area contributed by atoms with Crippen molar-refractivity contribution in [2.45, 2.75) is 6.04 Å². The first-order valence-corrected chi connectivity index (χ1v) is 6.16. The third kappa shape index (κ3) is 3.16. The number of anilines is 2. The SMILES string of the molecule is Nc1cc(Cl)c(F)cc1NC(CO)c1ccccc1. The minimum Gasteiger partial charge on any atom is -0.397 e. The number of nitrogen functional groups attached to an aromatic ring is 1. The van der Waals surface area contributed by atoms with E-state index in [1.54, 1.807) is 0 Å². The first-order chi connectivity index (χ1) is 9.11. The molecule has 0 spiro atoms. The van der Waals surface area contributed by atoms with E-state index >= 15 is 0 Å². The van der Waals surface area contributed by atoms with Gasteiger partial charge in [-0.15, -0.1) is 0 Å². The monoisotopic (exact) mass is 280 g/mol. The number of halogens is 2. The molecular weight excluding hydrogens is 267 g/mol. The first-order valence-electron chi connectivity index (χ1n) is 5.78. The normalized spacial score (nSPS) is 12.2. The molecule has 0 aliphatic heterocycles. The van der Waals surface area contributed by atoms with Crippen LogP contribution in [0, 0.1) is 5.82 Å². The van der Waals surface area contributed by atoms with Crippen LogP contribution in [-0.4, -0.2) is 11.7 Å². The fourth-order valence-corrected chi connectivity index (χ4v) is 1.97. The summed E-state index contributed by atoms with van der Waals surface area (Å²) in [5.74, 6) is -0.553. The second-order valence-electron chi connectivity index (χ2n) is 4.14. The standard InChI is InChI=1S/C14H14ClFN2O/c15-10-6-12(17)13(7-11(10)16)18-14(8-19)9-4-2-1-3-5-9/h1-7,14,18-19H,8,17H2. The molecule has 5 heteroatoms. The minimum atomic E-state index is -0.553. The van der Waals surface area contributed by atoms with Crippen molar-refractivity contribution in [2.24, 2.45) is 0 Å². The smallest absolute Gasteiger partial charge is 0.143 e. The molecule has 0 aliphatic carbocycles. The van der Waals surface area contributed by atoms with E-state index < -0.39 is 5.82 Å². The number of nitrogens with two attached hydrogens (primary N) is 1. The molecule has 1 atom stereocenters. The predicted molar refractivity (Wildman–Crippen MR) is 75.7 cm³/mol. The Balaban J connectivity index is 2.26. The number of benzene rings is 2. The van der Waals surface area contributed by atoms with Crippen LogP contribution in [0.25, 0.3) is 0 Å². The average Bonchev–Trinajstić information content (AvgIpc) is 2.42. The Hall–Kier alpha value is -1.78. The fraction of sp³-hybridized carbons (Fsp3) is 0.143. The van der Waals surface area contributed by atoms with Crippen LogP contribution >= 0.6 is 11.6 Å². The Labute approximate surface area is 115 Å². The van der Waals surface area contributed by atoms with Gasteiger partial charge in [-0.1, -0.05) is 41.9 Å². The molecule has 0 heterocycles. The Morgan fingerprint density at radius 2 is 1.95 bits per heavy atom. The maximum atomic E-state index is 13.4. The fourth-order valence-electron chi connectivity index (χ4n) is 1.79. The summed E-state index contributed by atoms with van der Waals surface area (Å²) in [6, 6.07) is 11.6. The van der Waals surface area contributed by atoms with Crippen LogP contribution in [0.1, 0.15) is 11.6 Å². The van der Waals surface area contributed by atoms with E-state index in [2.05, 4.69) is 5.32 Å². The lowest BCUT2D eigenvalue weighted by Crippen LogP contribution is -2.15. The van der Waals surface area contributed by atoms with Gasteiger partial charge < -0.3 is 16.2 Å². The molecule has 0 amide bonds. The molecule has 1 unspecified atom stereocenters. The van der Waals surface area contributed by atoms with Gasteiger partial charge in [-0.3, -0.25) is 0 Å². The lowest BCUT2D eigenvalue weighted by molar-refractivity contribution is 0.276. The van der Waals surface area contributed by atoms with Gasteiger partial charge >= 0.3 is 0 Å². The summed E-state index contributed by atoms with van der Waals surface area (Å²) in [7, 11) is 0. The van der Waals surface area contributed by atoms with Gasteiger partial charge in [0, 0.05) is 6.07 Å². The molecule has 2 aromatic carbocycles. The van der Waals surface area contributed by atoms with Gasteiger partial charge in [0.05, 0.1) is 29.0 Å². The van der Waals surface area contributed by atoms with E-state index in [1.807, 2.05) is 30.3 Å². The van der Waals surface area contributed by atoms with Crippen LogP contribution < -0.4 is 11.1 Å². The van der Waals surface area contributed by atoms with Crippen molar-refractivity contribution in [3.8, 4) is 0 Å². The summed E-state index contributed by atoms with van der Waals surface area (Å²) < 4.78 is 13.4. The van der Waals surface area contributed by atoms with Crippen molar-refractivity contribution < 1.29 is 9.50 Å². The summed E-state index contributed by atoms with van der Waals surface area (Å²) in [6.45, 7) is -0.131. The molecule has 3 nitrogen and oxygen atoms in total. The van der Waals surface area contributed by atoms with Gasteiger partial charge in [0.25, 0.3) is 0 Å². The highest BCUT2D eigenvalue weighted by Gasteiger charge is 2.13. The summed E-state index contributed by atoms with van der Waals surface area (Å²) in [4.78, 5) is 0. The van der Waals surface area contributed by atoms with Crippen LogP contribution in [0.4, 0.5) is 15.8 Å². The average molecular weight is 281 g/mol. The Morgan fingerprint density at radius 3 is 2.58 bits per heavy atom. The lowest BCUT2D eigenvalue weighted by atomic mass is 10.1. The highest BCUT2D eigenvalue weighted by molar-refractivity contribution is 6.31. The minimum absolute atomic E-state index is 0.0247. The highest BCUT2D eigenvalue weighted by Crippen LogP contribution is 2.29. The Morgan fingerprint density at radius 1 is 1.26 bits per heavy atom. The molecule has 2 rings (SSSR count). The maximum Gasteiger partial charge on any atom is 0.143 e. The van der Waals surface area contributed by atoms with Crippen LogP contribution in [-0.2, 0) is 0 Å². The number of aliphatic hydroxyl groups excluding tert-OH is 1. The van der Waals surface area contributed by atoms with E-state index in [4.69, 9.17) is 17.3 Å². The molecular formula is C14H14ClFN2O. The molecule has 0 saturated heterocycles. The summed E-state index contributed by atoms with van der Waals surface area (Å²) in [5.41, 5.74) is 7.41. The topological polar surface area (TPSA) is 58.3 Å². The molecule has 100 valence electrons. The Bertz CT molecular complexity index is 563. The first kappa shape index (κ1) is 13.6. The van der Waals surface area contributed by atoms with Crippen molar-refractivity contribution in [1.82, 2.24) is 0 Å². The van der Waals surface area contributed by atoms with Crippen molar-refractivity contribution in [3.63, 3.8) is 0 Å². The number of aliphatic hydroxyl groups is 1. The molecule has 0 fully saturated rings. The largest absolute Gasteiger partial charge is 0.397 e. The molecule has 2 aromatic rings. The van der Waals surface area contributed by atoms with Crippen LogP contribution in [0.15, 0.2) is 42.5 Å². The lowest BCUT2D eigenvalue weighted by Gasteiger charge is -2.19. The van der Waals surface area contributed by atoms with E-state index in [1.165, 1.54) is 12.1 Å². The van der Waals surface area contributed by atoms with Gasteiger partial charge in [-0.05, 0) is 11.6 Å². The van der Waals surface area contributed by atoms with Crippen molar-refractivity contribution in [1.29, 1.82) is 0 Å². The van der Waals surface area contributed by atoms with Gasteiger partial charge in [0.2, 0.25) is 0 Å². The molecule has 0 aromatic heterocycles. The number of nitrogens with one attached hydrogen (secondary N) is 1. The zero-order chi connectivity index (χ0) is 13.8. The van der Waals surface area contributed by atoms with Crippen molar-refractivity contribution in [2.75, 3.05) is 17.7 Å². The van der Waals surface area contributed by atoms with Crippen molar-refractivity contribution >= 4 is 23.0 Å². The van der Waals surface area contributed by atoms with Crippen LogP contribution in [0.3, 0.4) is 0 Å².